The number of ether oxygens (including phenoxy) is 2. The smallest absolute Gasteiger partial charge is 0.337 e. The molecule has 178 valence electrons. The fourth-order valence-corrected chi connectivity index (χ4v) is 4.32. The molecule has 0 aliphatic heterocycles. The van der Waals surface area contributed by atoms with Crippen molar-refractivity contribution in [3.8, 4) is 0 Å². The first-order valence-corrected chi connectivity index (χ1v) is 12.1. The van der Waals surface area contributed by atoms with E-state index in [4.69, 9.17) is 23.2 Å². The van der Waals surface area contributed by atoms with Gasteiger partial charge in [-0.3, -0.25) is 9.10 Å². The van der Waals surface area contributed by atoms with Crippen LogP contribution in [-0.2, 0) is 24.3 Å². The van der Waals surface area contributed by atoms with Crippen molar-refractivity contribution >= 4 is 62.4 Å². The van der Waals surface area contributed by atoms with E-state index in [1.807, 2.05) is 0 Å². The average molecular weight is 517 g/mol. The van der Waals surface area contributed by atoms with Gasteiger partial charge in [0.15, 0.2) is 0 Å². The van der Waals surface area contributed by atoms with Crippen molar-refractivity contribution in [1.82, 2.24) is 0 Å². The molecule has 33 heavy (non-hydrogen) atoms. The lowest BCUT2D eigenvalue weighted by atomic mass is 10.1. The molecule has 1 amide bonds. The Labute approximate surface area is 201 Å². The second-order valence-electron chi connectivity index (χ2n) is 6.86. The molecule has 0 unspecified atom stereocenters. The van der Waals surface area contributed by atoms with Gasteiger partial charge in [0.05, 0.1) is 42.3 Å². The molecule has 0 atom stereocenters. The van der Waals surface area contributed by atoms with Gasteiger partial charge in [0.2, 0.25) is 15.9 Å². The van der Waals surface area contributed by atoms with E-state index < -0.39 is 27.9 Å². The Balaban J connectivity index is 2.13. The van der Waals surface area contributed by atoms with Crippen LogP contribution < -0.4 is 9.62 Å². The molecule has 0 aliphatic carbocycles. The summed E-state index contributed by atoms with van der Waals surface area (Å²) >= 11 is 12.1. The quantitative estimate of drug-likeness (QED) is 0.503. The molecule has 12 heteroatoms. The van der Waals surface area contributed by atoms with Gasteiger partial charge >= 0.3 is 11.9 Å². The van der Waals surface area contributed by atoms with Crippen molar-refractivity contribution in [1.29, 1.82) is 0 Å². The van der Waals surface area contributed by atoms with Gasteiger partial charge in [0, 0.05) is 23.7 Å². The van der Waals surface area contributed by atoms with Crippen LogP contribution in [0.15, 0.2) is 36.4 Å². The zero-order valence-electron chi connectivity index (χ0n) is 18.1. The Morgan fingerprint density at radius 2 is 1.55 bits per heavy atom. The molecule has 9 nitrogen and oxygen atoms in total. The Hall–Kier alpha value is -2.82. The molecule has 0 heterocycles. The van der Waals surface area contributed by atoms with Crippen molar-refractivity contribution in [3.05, 3.63) is 57.6 Å². The lowest BCUT2D eigenvalue weighted by molar-refractivity contribution is -0.116. The Kier molecular flexibility index (Phi) is 9.09. The number of nitrogens with zero attached hydrogens (tertiary/aromatic N) is 1. The molecule has 0 saturated carbocycles. The number of halogens is 2. The lowest BCUT2D eigenvalue weighted by Crippen LogP contribution is -2.31. The maximum atomic E-state index is 12.4. The van der Waals surface area contributed by atoms with E-state index >= 15 is 0 Å². The maximum Gasteiger partial charge on any atom is 0.337 e. The summed E-state index contributed by atoms with van der Waals surface area (Å²) in [6.45, 7) is -0.0259. The molecule has 0 aliphatic rings. The van der Waals surface area contributed by atoms with Crippen molar-refractivity contribution in [2.45, 2.75) is 12.8 Å². The third-order valence-electron chi connectivity index (χ3n) is 4.40. The van der Waals surface area contributed by atoms with Gasteiger partial charge in [0.25, 0.3) is 0 Å². The van der Waals surface area contributed by atoms with Crippen molar-refractivity contribution in [2.75, 3.05) is 36.6 Å². The zero-order chi connectivity index (χ0) is 24.8. The Bertz CT molecular complexity index is 1130. The van der Waals surface area contributed by atoms with Gasteiger partial charge in [0.1, 0.15) is 0 Å². The number of carbonyl (C=O) groups is 3. The molecule has 0 bridgehead atoms. The van der Waals surface area contributed by atoms with Crippen LogP contribution in [0.25, 0.3) is 0 Å². The highest BCUT2D eigenvalue weighted by Gasteiger charge is 2.21. The van der Waals surface area contributed by atoms with E-state index in [0.717, 1.165) is 10.6 Å². The topological polar surface area (TPSA) is 119 Å². The number of anilines is 2. The number of benzene rings is 2. The number of carbonyl (C=O) groups excluding carboxylic acids is 3. The molecular formula is C21H22Cl2N2O7S. The summed E-state index contributed by atoms with van der Waals surface area (Å²) in [5, 5.41) is 3.09. The molecule has 0 fully saturated rings. The minimum Gasteiger partial charge on any atom is -0.465 e. The average Bonchev–Trinajstić information content (AvgIpc) is 2.76. The van der Waals surface area contributed by atoms with Crippen LogP contribution in [-0.4, -0.2) is 53.3 Å². The fraction of sp³-hybridized carbons (Fsp3) is 0.286. The first-order valence-electron chi connectivity index (χ1n) is 9.50. The second kappa shape index (κ2) is 11.4. The first-order chi connectivity index (χ1) is 15.5. The summed E-state index contributed by atoms with van der Waals surface area (Å²) in [5.74, 6) is -1.85. The molecule has 1 N–H and O–H groups in total. The minimum absolute atomic E-state index is 0.0259. The Morgan fingerprint density at radius 1 is 0.970 bits per heavy atom. The largest absolute Gasteiger partial charge is 0.465 e. The van der Waals surface area contributed by atoms with Crippen LogP contribution in [0.2, 0.25) is 10.0 Å². The van der Waals surface area contributed by atoms with Crippen LogP contribution in [0, 0.1) is 0 Å². The standard InChI is InChI=1S/C21H22Cl2N2O7S/c1-31-20(27)13-9-14(21(28)32-2)11-16(10-13)24-19(26)5-4-8-25(33(3,29)30)18-12-15(22)6-7-17(18)23/h6-7,9-12H,4-5,8H2,1-3H3,(H,24,26). The number of amides is 1. The molecule has 0 spiro atoms. The predicted molar refractivity (Wildman–Crippen MR) is 126 cm³/mol. The van der Waals surface area contributed by atoms with Gasteiger partial charge in [-0.2, -0.15) is 0 Å². The third kappa shape index (κ3) is 7.34. The molecular weight excluding hydrogens is 495 g/mol. The first kappa shape index (κ1) is 26.4. The van der Waals surface area contributed by atoms with E-state index in [-0.39, 0.29) is 46.9 Å². The molecule has 0 radical (unpaired) electrons. The zero-order valence-corrected chi connectivity index (χ0v) is 20.4. The van der Waals surface area contributed by atoms with E-state index in [2.05, 4.69) is 14.8 Å². The van der Waals surface area contributed by atoms with Gasteiger partial charge in [-0.15, -0.1) is 0 Å². The highest BCUT2D eigenvalue weighted by atomic mass is 35.5. The number of methoxy groups -OCH3 is 2. The van der Waals surface area contributed by atoms with E-state index in [0.29, 0.717) is 5.02 Å². The van der Waals surface area contributed by atoms with Gasteiger partial charge in [-0.25, -0.2) is 18.0 Å². The number of nitrogens with one attached hydrogen (secondary N) is 1. The minimum atomic E-state index is -3.69. The highest BCUT2D eigenvalue weighted by Crippen LogP contribution is 2.31. The van der Waals surface area contributed by atoms with E-state index in [9.17, 15) is 22.8 Å². The lowest BCUT2D eigenvalue weighted by Gasteiger charge is -2.23. The summed E-state index contributed by atoms with van der Waals surface area (Å²) in [4.78, 5) is 36.2. The molecule has 0 aromatic heterocycles. The number of rotatable bonds is 9. The summed E-state index contributed by atoms with van der Waals surface area (Å²) in [6, 6.07) is 8.43. The highest BCUT2D eigenvalue weighted by molar-refractivity contribution is 7.92. The van der Waals surface area contributed by atoms with Crippen LogP contribution in [0.4, 0.5) is 11.4 Å². The SMILES string of the molecule is COC(=O)c1cc(NC(=O)CCCN(c2cc(Cl)ccc2Cl)S(C)(=O)=O)cc(C(=O)OC)c1. The van der Waals surface area contributed by atoms with Crippen LogP contribution >= 0.6 is 23.2 Å². The van der Waals surface area contributed by atoms with Crippen molar-refractivity contribution in [3.63, 3.8) is 0 Å². The maximum absolute atomic E-state index is 12.4. The van der Waals surface area contributed by atoms with Gasteiger partial charge in [-0.1, -0.05) is 23.2 Å². The second-order valence-corrected chi connectivity index (χ2v) is 9.62. The normalized spacial score (nSPS) is 10.9. The summed E-state index contributed by atoms with van der Waals surface area (Å²) in [6.07, 6.45) is 1.12. The van der Waals surface area contributed by atoms with Crippen molar-refractivity contribution < 1.29 is 32.3 Å². The van der Waals surface area contributed by atoms with E-state index in [1.54, 1.807) is 0 Å². The van der Waals surface area contributed by atoms with Crippen LogP contribution in [0.3, 0.4) is 0 Å². The fourth-order valence-electron chi connectivity index (χ4n) is 2.92. The third-order valence-corrected chi connectivity index (χ3v) is 6.14. The summed E-state index contributed by atoms with van der Waals surface area (Å²) in [5.41, 5.74) is 0.492. The van der Waals surface area contributed by atoms with Gasteiger partial charge in [-0.05, 0) is 42.8 Å². The van der Waals surface area contributed by atoms with Gasteiger partial charge < -0.3 is 14.8 Å². The number of esters is 2. The molecule has 0 saturated heterocycles. The monoisotopic (exact) mass is 516 g/mol. The summed E-state index contributed by atoms with van der Waals surface area (Å²) < 4.78 is 34.9. The predicted octanol–water partition coefficient (Wildman–Crippen LogP) is 3.75. The van der Waals surface area contributed by atoms with Crippen LogP contribution in [0.1, 0.15) is 33.6 Å². The summed E-state index contributed by atoms with van der Waals surface area (Å²) in [7, 11) is -1.32. The number of sulfonamides is 1. The van der Waals surface area contributed by atoms with E-state index in [1.165, 1.54) is 50.6 Å². The van der Waals surface area contributed by atoms with Crippen LogP contribution in [0.5, 0.6) is 0 Å². The Morgan fingerprint density at radius 3 is 2.06 bits per heavy atom. The number of hydrogen-bond acceptors (Lipinski definition) is 7. The van der Waals surface area contributed by atoms with Crippen molar-refractivity contribution in [2.24, 2.45) is 0 Å². The molecule has 2 rings (SSSR count). The molecule has 2 aromatic rings. The molecule has 2 aromatic carbocycles. The number of hydrogen-bond donors (Lipinski definition) is 1.